The minimum Gasteiger partial charge on any atom is -0.399 e. The van der Waals surface area contributed by atoms with Gasteiger partial charge in [0.25, 0.3) is 0 Å². The average molecular weight is 331 g/mol. The van der Waals surface area contributed by atoms with Crippen molar-refractivity contribution in [1.29, 1.82) is 0 Å². The molecule has 1 saturated carbocycles. The Bertz CT molecular complexity index is 519. The fraction of sp³-hybridized carbons (Fsp3) is 0.667. The van der Waals surface area contributed by atoms with Gasteiger partial charge in [-0.25, -0.2) is 0 Å². The van der Waals surface area contributed by atoms with Crippen LogP contribution in [0.25, 0.3) is 0 Å². The molecule has 1 aliphatic carbocycles. The van der Waals surface area contributed by atoms with E-state index >= 15 is 0 Å². The molecule has 3 N–H and O–H groups in total. The molecular weight excluding hydrogens is 296 g/mol. The molecule has 0 aliphatic heterocycles. The van der Waals surface area contributed by atoms with Gasteiger partial charge in [-0.15, -0.1) is 0 Å². The van der Waals surface area contributed by atoms with E-state index in [1.165, 1.54) is 32.1 Å². The van der Waals surface area contributed by atoms with Crippen molar-refractivity contribution in [2.75, 3.05) is 11.1 Å². The molecule has 1 aromatic rings. The second-order valence-electron chi connectivity index (χ2n) is 7.37. The summed E-state index contributed by atoms with van der Waals surface area (Å²) in [6.07, 6.45) is 11.7. The van der Waals surface area contributed by atoms with Gasteiger partial charge in [0.15, 0.2) is 0 Å². The van der Waals surface area contributed by atoms with Crippen molar-refractivity contribution >= 4 is 17.3 Å². The predicted octanol–water partition coefficient (Wildman–Crippen LogP) is 5.55. The van der Waals surface area contributed by atoms with Gasteiger partial charge in [0.2, 0.25) is 5.91 Å². The molecule has 0 heterocycles. The molecule has 1 aromatic carbocycles. The van der Waals surface area contributed by atoms with Gasteiger partial charge in [-0.3, -0.25) is 4.79 Å². The van der Waals surface area contributed by atoms with Gasteiger partial charge in [-0.1, -0.05) is 39.5 Å². The quantitative estimate of drug-likeness (QED) is 0.614. The van der Waals surface area contributed by atoms with Crippen molar-refractivity contribution in [3.63, 3.8) is 0 Å². The molecule has 0 aromatic heterocycles. The predicted molar refractivity (Wildman–Crippen MR) is 103 cm³/mol. The van der Waals surface area contributed by atoms with Crippen LogP contribution in [0.1, 0.15) is 77.2 Å². The van der Waals surface area contributed by atoms with Gasteiger partial charge in [0.1, 0.15) is 0 Å². The molecule has 0 atom stereocenters. The van der Waals surface area contributed by atoms with E-state index < -0.39 is 0 Å². The van der Waals surface area contributed by atoms with E-state index in [4.69, 9.17) is 5.73 Å². The average Bonchev–Trinajstić information content (AvgIpc) is 2.60. The SMILES string of the molecule is CCCCc1cc(NC(=O)C2CCC(CCCC)CC2)ccc1N. The smallest absolute Gasteiger partial charge is 0.227 e. The summed E-state index contributed by atoms with van der Waals surface area (Å²) in [5.41, 5.74) is 8.93. The van der Waals surface area contributed by atoms with Crippen LogP contribution in [0, 0.1) is 11.8 Å². The maximum absolute atomic E-state index is 12.6. The Morgan fingerprint density at radius 1 is 1.12 bits per heavy atom. The van der Waals surface area contributed by atoms with Gasteiger partial charge >= 0.3 is 0 Å². The number of nitrogen functional groups attached to an aromatic ring is 1. The summed E-state index contributed by atoms with van der Waals surface area (Å²) < 4.78 is 0. The van der Waals surface area contributed by atoms with Crippen LogP contribution >= 0.6 is 0 Å². The summed E-state index contributed by atoms with van der Waals surface area (Å²) in [6, 6.07) is 5.90. The summed E-state index contributed by atoms with van der Waals surface area (Å²) >= 11 is 0. The van der Waals surface area contributed by atoms with Crippen LogP contribution in [0.4, 0.5) is 11.4 Å². The van der Waals surface area contributed by atoms with Crippen LogP contribution in [0.2, 0.25) is 0 Å². The van der Waals surface area contributed by atoms with E-state index in [1.54, 1.807) is 0 Å². The lowest BCUT2D eigenvalue weighted by atomic mass is 9.79. The molecule has 134 valence electrons. The number of carbonyl (C=O) groups is 1. The van der Waals surface area contributed by atoms with Crippen LogP contribution in [-0.2, 0) is 11.2 Å². The highest BCUT2D eigenvalue weighted by Crippen LogP contribution is 2.32. The molecule has 0 saturated heterocycles. The maximum atomic E-state index is 12.6. The zero-order valence-electron chi connectivity index (χ0n) is 15.4. The Kier molecular flexibility index (Phi) is 7.61. The molecule has 1 aliphatic rings. The summed E-state index contributed by atoms with van der Waals surface area (Å²) in [5.74, 6) is 1.21. The van der Waals surface area contributed by atoms with Gasteiger partial charge < -0.3 is 11.1 Å². The number of hydrogen-bond donors (Lipinski definition) is 2. The van der Waals surface area contributed by atoms with Crippen molar-refractivity contribution in [1.82, 2.24) is 0 Å². The number of benzene rings is 1. The fourth-order valence-corrected chi connectivity index (χ4v) is 3.72. The lowest BCUT2D eigenvalue weighted by Crippen LogP contribution is -2.27. The highest BCUT2D eigenvalue weighted by Gasteiger charge is 2.26. The Hall–Kier alpha value is -1.51. The third-order valence-corrected chi connectivity index (χ3v) is 5.39. The topological polar surface area (TPSA) is 55.1 Å². The van der Waals surface area contributed by atoms with E-state index in [0.29, 0.717) is 0 Å². The Morgan fingerprint density at radius 3 is 2.50 bits per heavy atom. The van der Waals surface area contributed by atoms with Crippen LogP contribution < -0.4 is 11.1 Å². The molecule has 0 unspecified atom stereocenters. The second-order valence-corrected chi connectivity index (χ2v) is 7.37. The fourth-order valence-electron chi connectivity index (χ4n) is 3.72. The third kappa shape index (κ3) is 5.54. The summed E-state index contributed by atoms with van der Waals surface area (Å²) in [7, 11) is 0. The Morgan fingerprint density at radius 2 is 1.83 bits per heavy atom. The largest absolute Gasteiger partial charge is 0.399 e. The third-order valence-electron chi connectivity index (χ3n) is 5.39. The standard InChI is InChI=1S/C21H34N2O/c1-3-5-7-16-9-11-17(12-10-16)21(24)23-19-13-14-20(22)18(15-19)8-6-4-2/h13-17H,3-12,22H2,1-2H3,(H,23,24). The lowest BCUT2D eigenvalue weighted by Gasteiger charge is -2.27. The second kappa shape index (κ2) is 9.71. The molecule has 3 heteroatoms. The molecule has 0 bridgehead atoms. The highest BCUT2D eigenvalue weighted by atomic mass is 16.1. The number of nitrogens with two attached hydrogens (primary N) is 1. The summed E-state index contributed by atoms with van der Waals surface area (Å²) in [6.45, 7) is 4.43. The van der Waals surface area contributed by atoms with E-state index in [9.17, 15) is 4.79 Å². The van der Waals surface area contributed by atoms with Crippen LogP contribution in [0.5, 0.6) is 0 Å². The molecule has 0 radical (unpaired) electrons. The minimum absolute atomic E-state index is 0.180. The van der Waals surface area contributed by atoms with Gasteiger partial charge in [0.05, 0.1) is 0 Å². The number of carbonyl (C=O) groups excluding carboxylic acids is 1. The molecule has 1 fully saturated rings. The number of rotatable bonds is 8. The zero-order valence-corrected chi connectivity index (χ0v) is 15.4. The highest BCUT2D eigenvalue weighted by molar-refractivity contribution is 5.92. The van der Waals surface area contributed by atoms with E-state index in [2.05, 4.69) is 25.2 Å². The van der Waals surface area contributed by atoms with E-state index in [1.807, 2.05) is 12.1 Å². The number of hydrogen-bond acceptors (Lipinski definition) is 2. The summed E-state index contributed by atoms with van der Waals surface area (Å²) in [5, 5.41) is 3.12. The molecular formula is C21H34N2O. The van der Waals surface area contributed by atoms with E-state index in [0.717, 1.165) is 55.0 Å². The molecule has 0 spiro atoms. The first-order chi connectivity index (χ1) is 11.6. The summed E-state index contributed by atoms with van der Waals surface area (Å²) in [4.78, 5) is 12.6. The van der Waals surface area contributed by atoms with Gasteiger partial charge in [-0.05, 0) is 68.2 Å². The van der Waals surface area contributed by atoms with Gasteiger partial charge in [-0.2, -0.15) is 0 Å². The Balaban J connectivity index is 1.86. The first kappa shape index (κ1) is 18.8. The first-order valence-corrected chi connectivity index (χ1v) is 9.83. The van der Waals surface area contributed by atoms with Gasteiger partial charge in [0, 0.05) is 17.3 Å². The number of anilines is 2. The molecule has 1 amide bonds. The van der Waals surface area contributed by atoms with Crippen LogP contribution in [0.15, 0.2) is 18.2 Å². The molecule has 24 heavy (non-hydrogen) atoms. The van der Waals surface area contributed by atoms with Crippen molar-refractivity contribution < 1.29 is 4.79 Å². The van der Waals surface area contributed by atoms with Crippen LogP contribution in [0.3, 0.4) is 0 Å². The normalized spacial score (nSPS) is 20.8. The number of amides is 1. The molecule has 2 rings (SSSR count). The monoisotopic (exact) mass is 330 g/mol. The first-order valence-electron chi connectivity index (χ1n) is 9.83. The van der Waals surface area contributed by atoms with Crippen molar-refractivity contribution in [2.45, 2.75) is 78.1 Å². The Labute approximate surface area is 147 Å². The van der Waals surface area contributed by atoms with Crippen molar-refractivity contribution in [3.8, 4) is 0 Å². The van der Waals surface area contributed by atoms with Crippen molar-refractivity contribution in [3.05, 3.63) is 23.8 Å². The number of unbranched alkanes of at least 4 members (excludes halogenated alkanes) is 2. The number of aryl methyl sites for hydroxylation is 1. The maximum Gasteiger partial charge on any atom is 0.227 e. The number of nitrogens with one attached hydrogen (secondary N) is 1. The molecule has 3 nitrogen and oxygen atoms in total. The lowest BCUT2D eigenvalue weighted by molar-refractivity contribution is -0.121. The minimum atomic E-state index is 0.180. The van der Waals surface area contributed by atoms with E-state index in [-0.39, 0.29) is 11.8 Å². The van der Waals surface area contributed by atoms with Crippen LogP contribution in [-0.4, -0.2) is 5.91 Å². The zero-order chi connectivity index (χ0) is 17.4. The van der Waals surface area contributed by atoms with Crippen molar-refractivity contribution in [2.24, 2.45) is 11.8 Å².